The number of hydrogen-bond donors (Lipinski definition) is 4. The molecule has 12 heavy (non-hydrogen) atoms. The zero-order valence-electron chi connectivity index (χ0n) is 8.51. The van der Waals surface area contributed by atoms with Crippen molar-refractivity contribution < 1.29 is 0 Å². The molecule has 76 valence electrons. The molecular weight excluding hydrogens is 152 g/mol. The first kappa shape index (κ1) is 14.4. The molecule has 0 aliphatic rings. The van der Waals surface area contributed by atoms with Crippen molar-refractivity contribution in [2.45, 2.75) is 32.9 Å². The van der Waals surface area contributed by atoms with Gasteiger partial charge in [0.25, 0.3) is 0 Å². The lowest BCUT2D eigenvalue weighted by Gasteiger charge is -2.13. The number of hydrogen-bond acceptors (Lipinski definition) is 4. The van der Waals surface area contributed by atoms with Crippen LogP contribution in [0.4, 0.5) is 0 Å². The average molecular weight is 176 g/mol. The fourth-order valence-corrected chi connectivity index (χ4v) is 0.637. The molecule has 0 aromatic carbocycles. The Morgan fingerprint density at radius 1 is 1.00 bits per heavy atom. The van der Waals surface area contributed by atoms with Gasteiger partial charge in [-0.3, -0.25) is 0 Å². The van der Waals surface area contributed by atoms with Crippen LogP contribution in [0.1, 0.15) is 20.8 Å². The molecule has 0 radical (unpaired) electrons. The Bertz CT molecular complexity index is 73.5. The van der Waals surface area contributed by atoms with E-state index in [9.17, 15) is 0 Å². The van der Waals surface area contributed by atoms with Crippen LogP contribution < -0.4 is 22.5 Å². The van der Waals surface area contributed by atoms with Gasteiger partial charge in [0.15, 0.2) is 0 Å². The van der Waals surface area contributed by atoms with E-state index in [4.69, 9.17) is 17.2 Å². The molecule has 0 amide bonds. The lowest BCUT2D eigenvalue weighted by atomic mass is 10.3. The van der Waals surface area contributed by atoms with Crippen molar-refractivity contribution in [3.05, 3.63) is 0 Å². The molecule has 0 aromatic rings. The highest BCUT2D eigenvalue weighted by Gasteiger charge is 1.97. The first-order valence-corrected chi connectivity index (χ1v) is 4.44. The number of rotatable bonds is 4. The lowest BCUT2D eigenvalue weighted by Crippen LogP contribution is -2.37. The van der Waals surface area contributed by atoms with Crippen LogP contribution in [0.25, 0.3) is 0 Å². The molecule has 0 spiro atoms. The van der Waals surface area contributed by atoms with E-state index in [0.717, 1.165) is 6.54 Å². The van der Waals surface area contributed by atoms with Crippen molar-refractivity contribution in [1.29, 1.82) is 0 Å². The molecular formula is C8H24N4. The van der Waals surface area contributed by atoms with Crippen LogP contribution in [0.2, 0.25) is 0 Å². The van der Waals surface area contributed by atoms with Gasteiger partial charge < -0.3 is 22.5 Å². The Morgan fingerprint density at radius 2 is 1.42 bits per heavy atom. The van der Waals surface area contributed by atoms with E-state index in [1.165, 1.54) is 0 Å². The van der Waals surface area contributed by atoms with Crippen LogP contribution in [-0.2, 0) is 0 Å². The van der Waals surface area contributed by atoms with Gasteiger partial charge in [-0.1, -0.05) is 13.8 Å². The molecule has 0 aromatic heterocycles. The molecule has 0 heterocycles. The molecule has 0 bridgehead atoms. The molecule has 1 unspecified atom stereocenters. The Labute approximate surface area is 75.9 Å². The molecule has 0 saturated carbocycles. The van der Waals surface area contributed by atoms with Gasteiger partial charge in [-0.15, -0.1) is 0 Å². The Kier molecular flexibility index (Phi) is 13.0. The fraction of sp³-hybridized carbons (Fsp3) is 1.00. The highest BCUT2D eigenvalue weighted by atomic mass is 14.9. The minimum absolute atomic E-state index is 0.454. The highest BCUT2D eigenvalue weighted by Crippen LogP contribution is 1.80. The number of nitrogens with two attached hydrogens (primary N) is 3. The van der Waals surface area contributed by atoms with Gasteiger partial charge in [-0.2, -0.15) is 0 Å². The van der Waals surface area contributed by atoms with Gasteiger partial charge in [0, 0.05) is 31.7 Å². The van der Waals surface area contributed by atoms with Gasteiger partial charge >= 0.3 is 0 Å². The molecule has 4 nitrogen and oxygen atoms in total. The molecule has 0 saturated heterocycles. The minimum Gasteiger partial charge on any atom is -0.329 e. The Morgan fingerprint density at radius 3 is 1.50 bits per heavy atom. The molecule has 0 aliphatic heterocycles. The molecule has 1 atom stereocenters. The predicted molar refractivity (Wildman–Crippen MR) is 54.9 cm³/mol. The van der Waals surface area contributed by atoms with Crippen LogP contribution in [0.3, 0.4) is 0 Å². The fourth-order valence-electron chi connectivity index (χ4n) is 0.637. The third-order valence-corrected chi connectivity index (χ3v) is 1.14. The van der Waals surface area contributed by atoms with Crippen molar-refractivity contribution in [3.63, 3.8) is 0 Å². The second kappa shape index (κ2) is 10.8. The molecule has 4 heteroatoms. The standard InChI is InChI=1S/C6H16N2.C2H8N2/c1-5(2)8-6(3)4-7;3-1-2-4/h5-6,8H,4,7H2,1-3H3;1-4H2. The van der Waals surface area contributed by atoms with Gasteiger partial charge in [-0.05, 0) is 6.92 Å². The van der Waals surface area contributed by atoms with E-state index < -0.39 is 0 Å². The maximum atomic E-state index is 5.36. The van der Waals surface area contributed by atoms with E-state index in [2.05, 4.69) is 26.1 Å². The van der Waals surface area contributed by atoms with E-state index >= 15 is 0 Å². The summed E-state index contributed by atoms with van der Waals surface area (Å²) in [4.78, 5) is 0. The zero-order valence-corrected chi connectivity index (χ0v) is 8.51. The van der Waals surface area contributed by atoms with Crippen molar-refractivity contribution in [1.82, 2.24) is 5.32 Å². The van der Waals surface area contributed by atoms with Crippen LogP contribution in [0.15, 0.2) is 0 Å². The first-order valence-electron chi connectivity index (χ1n) is 4.44. The zero-order chi connectivity index (χ0) is 9.98. The summed E-state index contributed by atoms with van der Waals surface area (Å²) < 4.78 is 0. The summed E-state index contributed by atoms with van der Waals surface area (Å²) in [6.07, 6.45) is 0. The second-order valence-corrected chi connectivity index (χ2v) is 3.04. The van der Waals surface area contributed by atoms with Crippen LogP contribution in [0, 0.1) is 0 Å². The van der Waals surface area contributed by atoms with E-state index in [0.29, 0.717) is 25.2 Å². The second-order valence-electron chi connectivity index (χ2n) is 3.04. The van der Waals surface area contributed by atoms with Crippen LogP contribution in [0.5, 0.6) is 0 Å². The normalized spacial score (nSPS) is 12.2. The summed E-state index contributed by atoms with van der Waals surface area (Å²) >= 11 is 0. The van der Waals surface area contributed by atoms with E-state index in [1.54, 1.807) is 0 Å². The molecule has 0 aliphatic carbocycles. The van der Waals surface area contributed by atoms with Gasteiger partial charge in [0.05, 0.1) is 0 Å². The third-order valence-electron chi connectivity index (χ3n) is 1.14. The molecule has 0 rings (SSSR count). The highest BCUT2D eigenvalue weighted by molar-refractivity contribution is 4.62. The van der Waals surface area contributed by atoms with Crippen molar-refractivity contribution in [3.8, 4) is 0 Å². The summed E-state index contributed by atoms with van der Waals surface area (Å²) in [6.45, 7) is 8.23. The van der Waals surface area contributed by atoms with Crippen LogP contribution >= 0.6 is 0 Å². The maximum absolute atomic E-state index is 5.36. The Hall–Kier alpha value is -0.160. The summed E-state index contributed by atoms with van der Waals surface area (Å²) in [6, 6.07) is 1.00. The van der Waals surface area contributed by atoms with Crippen LogP contribution in [-0.4, -0.2) is 31.7 Å². The SMILES string of the molecule is CC(C)NC(C)CN.NCCN. The molecule has 0 fully saturated rings. The summed E-state index contributed by atoms with van der Waals surface area (Å²) in [5.41, 5.74) is 15.2. The summed E-state index contributed by atoms with van der Waals surface area (Å²) in [5, 5.41) is 3.27. The largest absolute Gasteiger partial charge is 0.329 e. The predicted octanol–water partition coefficient (Wildman–Crippen LogP) is -0.765. The average Bonchev–Trinajstić information content (AvgIpc) is 2.04. The summed E-state index contributed by atoms with van der Waals surface area (Å²) in [5.74, 6) is 0. The minimum atomic E-state index is 0.454. The number of nitrogens with one attached hydrogen (secondary N) is 1. The van der Waals surface area contributed by atoms with Crippen molar-refractivity contribution in [2.24, 2.45) is 17.2 Å². The molecule has 7 N–H and O–H groups in total. The van der Waals surface area contributed by atoms with Gasteiger partial charge in [0.1, 0.15) is 0 Å². The van der Waals surface area contributed by atoms with Crippen molar-refractivity contribution >= 4 is 0 Å². The maximum Gasteiger partial charge on any atom is 0.0164 e. The van der Waals surface area contributed by atoms with E-state index in [-0.39, 0.29) is 0 Å². The van der Waals surface area contributed by atoms with Gasteiger partial charge in [0.2, 0.25) is 0 Å². The first-order chi connectivity index (χ1) is 5.58. The smallest absolute Gasteiger partial charge is 0.0164 e. The van der Waals surface area contributed by atoms with E-state index in [1.807, 2.05) is 0 Å². The third kappa shape index (κ3) is 16.4. The monoisotopic (exact) mass is 176 g/mol. The Balaban J connectivity index is 0. The topological polar surface area (TPSA) is 90.1 Å². The quantitative estimate of drug-likeness (QED) is 0.453. The summed E-state index contributed by atoms with van der Waals surface area (Å²) in [7, 11) is 0. The van der Waals surface area contributed by atoms with Crippen molar-refractivity contribution in [2.75, 3.05) is 19.6 Å². The lowest BCUT2D eigenvalue weighted by molar-refractivity contribution is 0.496. The van der Waals surface area contributed by atoms with Gasteiger partial charge in [-0.25, -0.2) is 0 Å².